The molecule has 0 N–H and O–H groups in total. The van der Waals surface area contributed by atoms with Crippen LogP contribution in [0.15, 0.2) is 23.1 Å². The molecule has 1 rings (SSSR count). The molecule has 0 heterocycles. The van der Waals surface area contributed by atoms with Crippen molar-refractivity contribution in [2.75, 3.05) is 19.5 Å². The fraction of sp³-hybridized carbons (Fsp3) is 0.579. The van der Waals surface area contributed by atoms with Crippen LogP contribution in [0.2, 0.25) is 0 Å². The van der Waals surface area contributed by atoms with Crippen molar-refractivity contribution in [2.24, 2.45) is 5.92 Å². The molecule has 1 atom stereocenters. The minimum atomic E-state index is -0.566. The minimum Gasteiger partial charge on any atom is -0.465 e. The third-order valence-electron chi connectivity index (χ3n) is 4.16. The van der Waals surface area contributed by atoms with Gasteiger partial charge >= 0.3 is 11.9 Å². The molecule has 0 radical (unpaired) electrons. The fourth-order valence-corrected chi connectivity index (χ4v) is 3.44. The van der Waals surface area contributed by atoms with Gasteiger partial charge < -0.3 is 9.47 Å². The molecule has 27 heavy (non-hydrogen) atoms. The van der Waals surface area contributed by atoms with E-state index >= 15 is 0 Å². The van der Waals surface area contributed by atoms with Crippen molar-refractivity contribution < 1.29 is 24.0 Å². The summed E-state index contributed by atoms with van der Waals surface area (Å²) < 4.78 is 9.96. The molecule has 1 aromatic rings. The second kappa shape index (κ2) is 12.3. The van der Waals surface area contributed by atoms with Gasteiger partial charge in [-0.25, -0.2) is 4.79 Å². The first-order chi connectivity index (χ1) is 12.9. The Balaban J connectivity index is 2.58. The summed E-state index contributed by atoms with van der Waals surface area (Å²) in [6.07, 6.45) is 4.39. The van der Waals surface area contributed by atoms with Crippen LogP contribution in [0, 0.1) is 16.0 Å². The molecule has 8 heteroatoms. The lowest BCUT2D eigenvalue weighted by atomic mass is 10.0. The predicted molar refractivity (Wildman–Crippen MR) is 104 cm³/mol. The van der Waals surface area contributed by atoms with Crippen LogP contribution in [-0.4, -0.2) is 36.3 Å². The first kappa shape index (κ1) is 23.0. The summed E-state index contributed by atoms with van der Waals surface area (Å²) in [5.41, 5.74) is 0.126. The zero-order chi connectivity index (χ0) is 20.2. The summed E-state index contributed by atoms with van der Waals surface area (Å²) >= 11 is 1.15. The normalized spacial score (nSPS) is 11.7. The van der Waals surface area contributed by atoms with Gasteiger partial charge in [-0.1, -0.05) is 33.1 Å². The van der Waals surface area contributed by atoms with E-state index in [1.165, 1.54) is 25.3 Å². The molecule has 0 bridgehead atoms. The molecule has 1 aromatic carbocycles. The Kier molecular flexibility index (Phi) is 10.5. The number of thioether (sulfide) groups is 1. The van der Waals surface area contributed by atoms with Crippen LogP contribution >= 0.6 is 11.8 Å². The molecule has 0 aromatic heterocycles. The van der Waals surface area contributed by atoms with E-state index in [0.717, 1.165) is 37.4 Å². The summed E-state index contributed by atoms with van der Waals surface area (Å²) in [4.78, 5) is 34.5. The Bertz CT molecular complexity index is 649. The van der Waals surface area contributed by atoms with Crippen LogP contribution in [0.25, 0.3) is 0 Å². The van der Waals surface area contributed by atoms with E-state index in [1.54, 1.807) is 0 Å². The van der Waals surface area contributed by atoms with Gasteiger partial charge in [-0.05, 0) is 24.5 Å². The second-order valence-electron chi connectivity index (χ2n) is 6.13. The Morgan fingerprint density at radius 1 is 1.30 bits per heavy atom. The summed E-state index contributed by atoms with van der Waals surface area (Å²) in [6, 6.07) is 4.04. The summed E-state index contributed by atoms with van der Waals surface area (Å²) in [5, 5.41) is 11.2. The minimum absolute atomic E-state index is 0.105. The van der Waals surface area contributed by atoms with Crippen molar-refractivity contribution in [3.8, 4) is 0 Å². The molecule has 0 saturated carbocycles. The van der Waals surface area contributed by atoms with Crippen LogP contribution in [0.1, 0.15) is 56.3 Å². The molecular formula is C19H27NO6S. The molecule has 0 aliphatic carbocycles. The van der Waals surface area contributed by atoms with Gasteiger partial charge in [0.05, 0.1) is 35.5 Å². The largest absolute Gasteiger partial charge is 0.465 e. The van der Waals surface area contributed by atoms with Gasteiger partial charge in [0.1, 0.15) is 0 Å². The number of nitrogens with zero attached hydrogens (tertiary/aromatic N) is 1. The molecule has 0 aliphatic rings. The number of nitro groups is 1. The maximum atomic E-state index is 11.9. The van der Waals surface area contributed by atoms with E-state index < -0.39 is 10.9 Å². The van der Waals surface area contributed by atoms with Crippen LogP contribution in [0.4, 0.5) is 5.69 Å². The number of carbonyl (C=O) groups excluding carboxylic acids is 2. The van der Waals surface area contributed by atoms with E-state index in [4.69, 9.17) is 4.74 Å². The summed E-state index contributed by atoms with van der Waals surface area (Å²) in [5.74, 6) is -0.178. The number of rotatable bonds is 12. The van der Waals surface area contributed by atoms with Crippen LogP contribution in [0.5, 0.6) is 0 Å². The Morgan fingerprint density at radius 3 is 2.63 bits per heavy atom. The van der Waals surface area contributed by atoms with E-state index in [2.05, 4.69) is 18.6 Å². The van der Waals surface area contributed by atoms with Gasteiger partial charge in [-0.3, -0.25) is 14.9 Å². The molecule has 0 saturated heterocycles. The van der Waals surface area contributed by atoms with E-state index in [9.17, 15) is 19.7 Å². The first-order valence-electron chi connectivity index (χ1n) is 9.08. The number of ether oxygens (including phenoxy) is 2. The molecule has 1 unspecified atom stereocenters. The highest BCUT2D eigenvalue weighted by Gasteiger charge is 2.18. The lowest BCUT2D eigenvalue weighted by Gasteiger charge is -2.14. The van der Waals surface area contributed by atoms with Crippen molar-refractivity contribution in [1.82, 2.24) is 0 Å². The standard InChI is InChI=1S/C19H27NO6S/c1-4-6-7-14(5-2)13-26-18(21)10-11-27-17-12-15(19(22)25-3)8-9-16(17)20(23)24/h8-9,12,14H,4-7,10-11,13H2,1-3H3. The second-order valence-corrected chi connectivity index (χ2v) is 7.27. The van der Waals surface area contributed by atoms with Gasteiger partial charge in [0, 0.05) is 11.8 Å². The molecular weight excluding hydrogens is 370 g/mol. The van der Waals surface area contributed by atoms with E-state index in [1.807, 2.05) is 0 Å². The number of nitro benzene ring substituents is 1. The zero-order valence-electron chi connectivity index (χ0n) is 16.1. The number of methoxy groups -OCH3 is 1. The lowest BCUT2D eigenvalue weighted by molar-refractivity contribution is -0.387. The number of hydrogen-bond acceptors (Lipinski definition) is 7. The van der Waals surface area contributed by atoms with Gasteiger partial charge in [-0.2, -0.15) is 0 Å². The number of carbonyl (C=O) groups is 2. The number of benzene rings is 1. The number of hydrogen-bond donors (Lipinski definition) is 0. The Hall–Kier alpha value is -2.09. The lowest BCUT2D eigenvalue weighted by Crippen LogP contribution is -2.14. The van der Waals surface area contributed by atoms with Crippen LogP contribution < -0.4 is 0 Å². The fourth-order valence-electron chi connectivity index (χ4n) is 2.45. The number of esters is 2. The predicted octanol–water partition coefficient (Wildman–Crippen LogP) is 4.62. The Labute approximate surface area is 164 Å². The molecule has 0 aliphatic heterocycles. The van der Waals surface area contributed by atoms with Gasteiger partial charge in [0.25, 0.3) is 5.69 Å². The maximum absolute atomic E-state index is 11.9. The van der Waals surface area contributed by atoms with Crippen molar-refractivity contribution >= 4 is 29.4 Å². The highest BCUT2D eigenvalue weighted by molar-refractivity contribution is 7.99. The summed E-state index contributed by atoms with van der Waals surface area (Å²) in [7, 11) is 1.25. The van der Waals surface area contributed by atoms with Gasteiger partial charge in [0.15, 0.2) is 0 Å². The third-order valence-corrected chi connectivity index (χ3v) is 5.21. The van der Waals surface area contributed by atoms with Crippen molar-refractivity contribution in [3.05, 3.63) is 33.9 Å². The molecule has 0 spiro atoms. The van der Waals surface area contributed by atoms with Crippen LogP contribution in [-0.2, 0) is 14.3 Å². The smallest absolute Gasteiger partial charge is 0.337 e. The van der Waals surface area contributed by atoms with Crippen molar-refractivity contribution in [2.45, 2.75) is 50.8 Å². The monoisotopic (exact) mass is 397 g/mol. The zero-order valence-corrected chi connectivity index (χ0v) is 16.9. The maximum Gasteiger partial charge on any atom is 0.337 e. The molecule has 0 fully saturated rings. The average Bonchev–Trinajstić information content (AvgIpc) is 2.67. The van der Waals surface area contributed by atoms with Crippen molar-refractivity contribution in [3.63, 3.8) is 0 Å². The highest BCUT2D eigenvalue weighted by atomic mass is 32.2. The van der Waals surface area contributed by atoms with Gasteiger partial charge in [-0.15, -0.1) is 11.8 Å². The van der Waals surface area contributed by atoms with Gasteiger partial charge in [0.2, 0.25) is 0 Å². The first-order valence-corrected chi connectivity index (χ1v) is 10.1. The topological polar surface area (TPSA) is 95.7 Å². The third kappa shape index (κ3) is 7.99. The van der Waals surface area contributed by atoms with E-state index in [-0.39, 0.29) is 23.6 Å². The highest BCUT2D eigenvalue weighted by Crippen LogP contribution is 2.31. The summed E-state index contributed by atoms with van der Waals surface area (Å²) in [6.45, 7) is 4.62. The molecule has 7 nitrogen and oxygen atoms in total. The molecule has 0 amide bonds. The molecule has 150 valence electrons. The van der Waals surface area contributed by atoms with E-state index in [0.29, 0.717) is 23.2 Å². The number of unbranched alkanes of at least 4 members (excludes halogenated alkanes) is 1. The Morgan fingerprint density at radius 2 is 2.04 bits per heavy atom. The van der Waals surface area contributed by atoms with Crippen molar-refractivity contribution in [1.29, 1.82) is 0 Å². The SMILES string of the molecule is CCCCC(CC)COC(=O)CCSc1cc(C(=O)OC)ccc1[N+](=O)[O-]. The van der Waals surface area contributed by atoms with Crippen LogP contribution in [0.3, 0.4) is 0 Å². The quantitative estimate of drug-likeness (QED) is 0.220. The average molecular weight is 397 g/mol.